The normalized spacial score (nSPS) is 11.5. The van der Waals surface area contributed by atoms with E-state index in [1.807, 2.05) is 44.2 Å². The van der Waals surface area contributed by atoms with Gasteiger partial charge in [-0.1, -0.05) is 41.4 Å². The van der Waals surface area contributed by atoms with Crippen LogP contribution < -0.4 is 16.4 Å². The van der Waals surface area contributed by atoms with Crippen molar-refractivity contribution in [2.24, 2.45) is 0 Å². The lowest BCUT2D eigenvalue weighted by Gasteiger charge is -2.17. The molecule has 1 unspecified atom stereocenters. The Hall–Kier alpha value is -3.86. The van der Waals surface area contributed by atoms with Crippen LogP contribution in [0, 0.1) is 25.2 Å². The van der Waals surface area contributed by atoms with Crippen molar-refractivity contribution in [3.8, 4) is 6.07 Å². The van der Waals surface area contributed by atoms with Crippen molar-refractivity contribution in [3.05, 3.63) is 93.4 Å². The Labute approximate surface area is 207 Å². The van der Waals surface area contributed by atoms with Crippen LogP contribution in [0.5, 0.6) is 0 Å². The summed E-state index contributed by atoms with van der Waals surface area (Å²) >= 11 is 12.6. The van der Waals surface area contributed by atoms with Crippen molar-refractivity contribution in [1.82, 2.24) is 15.0 Å². The molecule has 0 bridgehead atoms. The van der Waals surface area contributed by atoms with Gasteiger partial charge in [-0.15, -0.1) is 0 Å². The predicted molar refractivity (Wildman–Crippen MR) is 137 cm³/mol. The minimum absolute atomic E-state index is 0.335. The van der Waals surface area contributed by atoms with Crippen molar-refractivity contribution in [3.63, 3.8) is 0 Å². The van der Waals surface area contributed by atoms with Gasteiger partial charge in [0.25, 0.3) is 0 Å². The van der Waals surface area contributed by atoms with Crippen LogP contribution in [0.15, 0.2) is 61.1 Å². The third kappa shape index (κ3) is 5.04. The summed E-state index contributed by atoms with van der Waals surface area (Å²) in [6.45, 7) is 3.90. The Morgan fingerprint density at radius 2 is 1.65 bits per heavy atom. The summed E-state index contributed by atoms with van der Waals surface area (Å²) < 4.78 is 0. The van der Waals surface area contributed by atoms with Gasteiger partial charge in [0.05, 0.1) is 12.0 Å². The number of pyridine rings is 1. The molecule has 0 radical (unpaired) electrons. The van der Waals surface area contributed by atoms with Crippen LogP contribution in [0.4, 0.5) is 28.8 Å². The third-order valence-electron chi connectivity index (χ3n) is 5.29. The van der Waals surface area contributed by atoms with Crippen LogP contribution in [-0.2, 0) is 0 Å². The molecule has 0 spiro atoms. The van der Waals surface area contributed by atoms with E-state index in [0.29, 0.717) is 44.4 Å². The van der Waals surface area contributed by atoms with E-state index in [0.717, 1.165) is 16.7 Å². The minimum atomic E-state index is -0.528. The highest BCUT2D eigenvalue weighted by molar-refractivity contribution is 6.32. The molecule has 4 N–H and O–H groups in total. The number of rotatable bonds is 6. The second-order valence-electron chi connectivity index (χ2n) is 7.76. The second-order valence-corrected chi connectivity index (χ2v) is 8.60. The molecule has 0 saturated carbocycles. The summed E-state index contributed by atoms with van der Waals surface area (Å²) in [5.74, 6) is 0.957. The van der Waals surface area contributed by atoms with Crippen LogP contribution in [0.3, 0.4) is 0 Å². The number of nitriles is 1. The third-order valence-corrected chi connectivity index (χ3v) is 5.87. The standard InChI is InChI=1S/C25H21Cl2N7/c1-14-7-8-30-22(9-14)34-25-23(29)24(31-13-32-25)33-21-11-20(27)18(10-15(21)2)19(12-28)16-3-5-17(26)6-4-16/h3-11,13,19H,29H2,1-2H3,(H2,30,31,32,33,34). The number of nitrogen functional groups attached to an aromatic ring is 1. The van der Waals surface area contributed by atoms with E-state index in [4.69, 9.17) is 28.9 Å². The van der Waals surface area contributed by atoms with Crippen molar-refractivity contribution in [2.75, 3.05) is 16.4 Å². The van der Waals surface area contributed by atoms with E-state index in [-0.39, 0.29) is 0 Å². The Balaban J connectivity index is 1.62. The van der Waals surface area contributed by atoms with Gasteiger partial charge in [-0.3, -0.25) is 0 Å². The van der Waals surface area contributed by atoms with Crippen LogP contribution in [-0.4, -0.2) is 15.0 Å². The summed E-state index contributed by atoms with van der Waals surface area (Å²) in [7, 11) is 0. The van der Waals surface area contributed by atoms with E-state index in [2.05, 4.69) is 31.7 Å². The van der Waals surface area contributed by atoms with Gasteiger partial charge in [0.15, 0.2) is 11.6 Å². The predicted octanol–water partition coefficient (Wildman–Crippen LogP) is 6.52. The molecule has 0 aliphatic rings. The zero-order valence-electron chi connectivity index (χ0n) is 18.5. The Kier molecular flexibility index (Phi) is 6.82. The highest BCUT2D eigenvalue weighted by atomic mass is 35.5. The van der Waals surface area contributed by atoms with Gasteiger partial charge in [-0.05, 0) is 66.4 Å². The molecule has 2 heterocycles. The maximum Gasteiger partial charge on any atom is 0.160 e. The smallest absolute Gasteiger partial charge is 0.160 e. The second kappa shape index (κ2) is 9.96. The number of aryl methyl sites for hydroxylation is 2. The Morgan fingerprint density at radius 3 is 2.32 bits per heavy atom. The number of nitrogens with two attached hydrogens (primary N) is 1. The van der Waals surface area contributed by atoms with Gasteiger partial charge in [0.2, 0.25) is 0 Å². The first-order chi connectivity index (χ1) is 16.4. The van der Waals surface area contributed by atoms with E-state index in [9.17, 15) is 5.26 Å². The van der Waals surface area contributed by atoms with Crippen molar-refractivity contribution in [1.29, 1.82) is 5.26 Å². The first-order valence-electron chi connectivity index (χ1n) is 10.4. The molecule has 0 fully saturated rings. The fourth-order valence-corrected chi connectivity index (χ4v) is 3.89. The Morgan fingerprint density at radius 1 is 0.941 bits per heavy atom. The van der Waals surface area contributed by atoms with Gasteiger partial charge in [0, 0.05) is 21.9 Å². The summed E-state index contributed by atoms with van der Waals surface area (Å²) in [6.07, 6.45) is 3.12. The van der Waals surface area contributed by atoms with Crippen molar-refractivity contribution in [2.45, 2.75) is 19.8 Å². The molecular weight excluding hydrogens is 469 g/mol. The van der Waals surface area contributed by atoms with Crippen LogP contribution in [0.25, 0.3) is 0 Å². The van der Waals surface area contributed by atoms with E-state index < -0.39 is 5.92 Å². The number of anilines is 5. The molecule has 7 nitrogen and oxygen atoms in total. The first-order valence-corrected chi connectivity index (χ1v) is 11.1. The lowest BCUT2D eigenvalue weighted by atomic mass is 9.91. The van der Waals surface area contributed by atoms with Gasteiger partial charge >= 0.3 is 0 Å². The number of halogens is 2. The lowest BCUT2D eigenvalue weighted by Crippen LogP contribution is -2.07. The number of nitrogens with zero attached hydrogens (tertiary/aromatic N) is 4. The average Bonchev–Trinajstić information content (AvgIpc) is 2.81. The number of benzene rings is 2. The van der Waals surface area contributed by atoms with E-state index in [1.165, 1.54) is 6.33 Å². The SMILES string of the molecule is Cc1ccnc(Nc2ncnc(Nc3cc(Cl)c(C(C#N)c4ccc(Cl)cc4)cc3C)c2N)c1. The molecule has 34 heavy (non-hydrogen) atoms. The molecule has 2 aromatic carbocycles. The fraction of sp³-hybridized carbons (Fsp3) is 0.120. The van der Waals surface area contributed by atoms with Crippen LogP contribution in [0.2, 0.25) is 10.0 Å². The van der Waals surface area contributed by atoms with Crippen LogP contribution >= 0.6 is 23.2 Å². The lowest BCUT2D eigenvalue weighted by molar-refractivity contribution is 1.03. The molecule has 0 aliphatic heterocycles. The van der Waals surface area contributed by atoms with Gasteiger partial charge < -0.3 is 16.4 Å². The number of hydrogen-bond donors (Lipinski definition) is 3. The minimum Gasteiger partial charge on any atom is -0.393 e. The molecular formula is C25H21Cl2N7. The van der Waals surface area contributed by atoms with E-state index in [1.54, 1.807) is 24.4 Å². The molecule has 0 amide bonds. The zero-order valence-corrected chi connectivity index (χ0v) is 20.0. The Bertz CT molecular complexity index is 1380. The molecule has 0 aliphatic carbocycles. The topological polar surface area (TPSA) is 113 Å². The molecule has 0 saturated heterocycles. The van der Waals surface area contributed by atoms with Crippen molar-refractivity contribution >= 4 is 52.0 Å². The highest BCUT2D eigenvalue weighted by Gasteiger charge is 2.19. The highest BCUT2D eigenvalue weighted by Crippen LogP contribution is 2.36. The number of hydrogen-bond acceptors (Lipinski definition) is 7. The summed E-state index contributed by atoms with van der Waals surface area (Å²) in [6, 6.07) is 17.0. The summed E-state index contributed by atoms with van der Waals surface area (Å²) in [4.78, 5) is 12.8. The van der Waals surface area contributed by atoms with E-state index >= 15 is 0 Å². The fourth-order valence-electron chi connectivity index (χ4n) is 3.49. The maximum absolute atomic E-state index is 9.82. The molecule has 170 valence electrons. The quantitative estimate of drug-likeness (QED) is 0.282. The average molecular weight is 490 g/mol. The molecule has 4 rings (SSSR count). The monoisotopic (exact) mass is 489 g/mol. The van der Waals surface area contributed by atoms with Crippen LogP contribution in [0.1, 0.15) is 28.2 Å². The molecule has 9 heteroatoms. The first kappa shape index (κ1) is 23.3. The molecule has 2 aromatic heterocycles. The zero-order chi connectivity index (χ0) is 24.2. The summed E-state index contributed by atoms with van der Waals surface area (Å²) in [5, 5.41) is 17.2. The summed E-state index contributed by atoms with van der Waals surface area (Å²) in [5.41, 5.74) is 10.8. The molecule has 4 aromatic rings. The number of aromatic nitrogens is 3. The van der Waals surface area contributed by atoms with Gasteiger partial charge in [-0.2, -0.15) is 5.26 Å². The van der Waals surface area contributed by atoms with Crippen molar-refractivity contribution < 1.29 is 0 Å². The van der Waals surface area contributed by atoms with Gasteiger partial charge in [0.1, 0.15) is 17.8 Å². The van der Waals surface area contributed by atoms with Gasteiger partial charge in [-0.25, -0.2) is 15.0 Å². The molecule has 1 atom stereocenters. The number of nitrogens with one attached hydrogen (secondary N) is 2. The maximum atomic E-state index is 9.82. The largest absolute Gasteiger partial charge is 0.393 e.